The summed E-state index contributed by atoms with van der Waals surface area (Å²) >= 11 is 0. The predicted octanol–water partition coefficient (Wildman–Crippen LogP) is 3.46. The van der Waals surface area contributed by atoms with Crippen molar-refractivity contribution in [1.29, 1.82) is 0 Å². The zero-order valence-electron chi connectivity index (χ0n) is 13.2. The van der Waals surface area contributed by atoms with Crippen molar-refractivity contribution in [3.05, 3.63) is 60.4 Å². The average Bonchev–Trinajstić information content (AvgIpc) is 2.99. The maximum absolute atomic E-state index is 12.3. The Balaban J connectivity index is 1.82. The normalized spacial score (nSPS) is 11.2. The molecular weight excluding hydrogens is 328 g/mol. The molecule has 0 amide bonds. The lowest BCUT2D eigenvalue weighted by molar-refractivity contribution is 0.400. The van der Waals surface area contributed by atoms with Gasteiger partial charge in [0.25, 0.3) is 10.0 Å². The van der Waals surface area contributed by atoms with Crippen LogP contribution < -0.4 is 9.46 Å². The standard InChI is InChI=1S/C17H16N2O4S/c1-12-11-17(18-23-12)19-24(20,21)16-9-5-14(6-10-16)13-3-7-15(22-2)8-4-13/h3-11H,1-2H3,(H,18,19). The lowest BCUT2D eigenvalue weighted by Gasteiger charge is -2.07. The zero-order chi connectivity index (χ0) is 17.2. The lowest BCUT2D eigenvalue weighted by Crippen LogP contribution is -2.12. The third-order valence-corrected chi connectivity index (χ3v) is 4.83. The molecule has 0 unspecified atom stereocenters. The van der Waals surface area contributed by atoms with Crippen LogP contribution in [-0.2, 0) is 10.0 Å². The summed E-state index contributed by atoms with van der Waals surface area (Å²) in [6, 6.07) is 15.7. The summed E-state index contributed by atoms with van der Waals surface area (Å²) in [5.74, 6) is 1.46. The van der Waals surface area contributed by atoms with Gasteiger partial charge < -0.3 is 9.26 Å². The summed E-state index contributed by atoms with van der Waals surface area (Å²) in [5.41, 5.74) is 1.88. The van der Waals surface area contributed by atoms with Gasteiger partial charge in [0.05, 0.1) is 12.0 Å². The first-order chi connectivity index (χ1) is 11.5. The minimum Gasteiger partial charge on any atom is -0.497 e. The van der Waals surface area contributed by atoms with E-state index >= 15 is 0 Å². The van der Waals surface area contributed by atoms with Crippen molar-refractivity contribution >= 4 is 15.8 Å². The highest BCUT2D eigenvalue weighted by Gasteiger charge is 2.16. The SMILES string of the molecule is COc1ccc(-c2ccc(S(=O)(=O)Nc3cc(C)on3)cc2)cc1. The van der Waals surface area contributed by atoms with E-state index in [1.165, 1.54) is 6.07 Å². The van der Waals surface area contributed by atoms with Crippen molar-refractivity contribution in [2.24, 2.45) is 0 Å². The van der Waals surface area contributed by atoms with E-state index in [2.05, 4.69) is 9.88 Å². The van der Waals surface area contributed by atoms with Gasteiger partial charge in [0, 0.05) is 6.07 Å². The van der Waals surface area contributed by atoms with Gasteiger partial charge in [-0.05, 0) is 42.3 Å². The number of hydrogen-bond donors (Lipinski definition) is 1. The van der Waals surface area contributed by atoms with E-state index in [1.54, 1.807) is 38.3 Å². The van der Waals surface area contributed by atoms with Crippen LogP contribution in [0.5, 0.6) is 5.75 Å². The summed E-state index contributed by atoms with van der Waals surface area (Å²) in [6.07, 6.45) is 0. The molecule has 0 aliphatic heterocycles. The van der Waals surface area contributed by atoms with Crippen molar-refractivity contribution < 1.29 is 17.7 Å². The summed E-state index contributed by atoms with van der Waals surface area (Å²) in [4.78, 5) is 0.153. The van der Waals surface area contributed by atoms with E-state index < -0.39 is 10.0 Å². The first-order valence-corrected chi connectivity index (χ1v) is 8.67. The molecule has 2 aromatic carbocycles. The smallest absolute Gasteiger partial charge is 0.263 e. The molecule has 1 heterocycles. The number of nitrogens with one attached hydrogen (secondary N) is 1. The van der Waals surface area contributed by atoms with Crippen LogP contribution in [0.15, 0.2) is 64.0 Å². The van der Waals surface area contributed by atoms with Crippen molar-refractivity contribution in [3.8, 4) is 16.9 Å². The summed E-state index contributed by atoms with van der Waals surface area (Å²) < 4.78 is 37.0. The molecule has 0 saturated heterocycles. The molecule has 0 spiro atoms. The van der Waals surface area contributed by atoms with Crippen molar-refractivity contribution in [1.82, 2.24) is 5.16 Å². The highest BCUT2D eigenvalue weighted by molar-refractivity contribution is 7.92. The Labute approximate surface area is 140 Å². The van der Waals surface area contributed by atoms with E-state index in [0.717, 1.165) is 16.9 Å². The van der Waals surface area contributed by atoms with Crippen molar-refractivity contribution in [2.75, 3.05) is 11.8 Å². The summed E-state index contributed by atoms with van der Waals surface area (Å²) in [7, 11) is -2.09. The lowest BCUT2D eigenvalue weighted by atomic mass is 10.1. The highest BCUT2D eigenvalue weighted by Crippen LogP contribution is 2.24. The van der Waals surface area contributed by atoms with Crippen molar-refractivity contribution in [2.45, 2.75) is 11.8 Å². The largest absolute Gasteiger partial charge is 0.497 e. The minimum absolute atomic E-state index is 0.153. The van der Waals surface area contributed by atoms with E-state index in [1.807, 2.05) is 24.3 Å². The Morgan fingerprint density at radius 2 is 1.58 bits per heavy atom. The second-order valence-electron chi connectivity index (χ2n) is 5.18. The molecule has 0 aliphatic carbocycles. The third kappa shape index (κ3) is 3.41. The first kappa shape index (κ1) is 16.1. The maximum Gasteiger partial charge on any atom is 0.263 e. The molecule has 6 nitrogen and oxygen atoms in total. The van der Waals surface area contributed by atoms with E-state index in [9.17, 15) is 8.42 Å². The number of benzene rings is 2. The second kappa shape index (κ2) is 6.37. The molecule has 0 fully saturated rings. The van der Waals surface area contributed by atoms with Crippen LogP contribution in [-0.4, -0.2) is 20.7 Å². The number of hydrogen-bond acceptors (Lipinski definition) is 5. The van der Waals surface area contributed by atoms with E-state index in [0.29, 0.717) is 5.76 Å². The van der Waals surface area contributed by atoms with Crippen LogP contribution in [0.2, 0.25) is 0 Å². The Morgan fingerprint density at radius 1 is 1.00 bits per heavy atom. The second-order valence-corrected chi connectivity index (χ2v) is 6.86. The van der Waals surface area contributed by atoms with Gasteiger partial charge in [-0.25, -0.2) is 8.42 Å². The fourth-order valence-corrected chi connectivity index (χ4v) is 3.20. The number of aryl methyl sites for hydroxylation is 1. The van der Waals surface area contributed by atoms with Gasteiger partial charge in [-0.1, -0.05) is 29.4 Å². The van der Waals surface area contributed by atoms with Gasteiger partial charge in [-0.2, -0.15) is 0 Å². The van der Waals surface area contributed by atoms with Gasteiger partial charge in [0.15, 0.2) is 5.82 Å². The van der Waals surface area contributed by atoms with Crippen LogP contribution in [0.1, 0.15) is 5.76 Å². The molecule has 0 radical (unpaired) electrons. The zero-order valence-corrected chi connectivity index (χ0v) is 14.0. The summed E-state index contributed by atoms with van der Waals surface area (Å²) in [6.45, 7) is 1.69. The number of anilines is 1. The van der Waals surface area contributed by atoms with Gasteiger partial charge in [0.1, 0.15) is 11.5 Å². The molecule has 0 atom stereocenters. The topological polar surface area (TPSA) is 81.4 Å². The molecule has 124 valence electrons. The summed E-state index contributed by atoms with van der Waals surface area (Å²) in [5, 5.41) is 3.63. The average molecular weight is 344 g/mol. The predicted molar refractivity (Wildman–Crippen MR) is 90.5 cm³/mol. The Kier molecular flexibility index (Phi) is 4.26. The first-order valence-electron chi connectivity index (χ1n) is 7.18. The van der Waals surface area contributed by atoms with Gasteiger partial charge in [0.2, 0.25) is 0 Å². The molecule has 24 heavy (non-hydrogen) atoms. The molecule has 3 rings (SSSR count). The molecule has 3 aromatic rings. The number of rotatable bonds is 5. The molecule has 0 saturated carbocycles. The Morgan fingerprint density at radius 3 is 2.08 bits per heavy atom. The van der Waals surface area contributed by atoms with Crippen LogP contribution in [0.25, 0.3) is 11.1 Å². The van der Waals surface area contributed by atoms with E-state index in [4.69, 9.17) is 9.26 Å². The number of nitrogens with zero attached hydrogens (tertiary/aromatic N) is 1. The molecule has 1 N–H and O–H groups in total. The third-order valence-electron chi connectivity index (χ3n) is 3.45. The van der Waals surface area contributed by atoms with Crippen molar-refractivity contribution in [3.63, 3.8) is 0 Å². The molecule has 7 heteroatoms. The fourth-order valence-electron chi connectivity index (χ4n) is 2.22. The molecular formula is C17H16N2O4S. The number of aromatic nitrogens is 1. The van der Waals surface area contributed by atoms with E-state index in [-0.39, 0.29) is 10.7 Å². The quantitative estimate of drug-likeness (QED) is 0.766. The molecule has 0 bridgehead atoms. The van der Waals surface area contributed by atoms with Crippen LogP contribution in [0, 0.1) is 6.92 Å². The van der Waals surface area contributed by atoms with Gasteiger partial charge in [-0.3, -0.25) is 4.72 Å². The van der Waals surface area contributed by atoms with Crippen LogP contribution in [0.3, 0.4) is 0 Å². The van der Waals surface area contributed by atoms with Gasteiger partial charge >= 0.3 is 0 Å². The number of sulfonamides is 1. The fraction of sp³-hybridized carbons (Fsp3) is 0.118. The van der Waals surface area contributed by atoms with Gasteiger partial charge in [-0.15, -0.1) is 0 Å². The Bertz CT molecular complexity index is 929. The van der Waals surface area contributed by atoms with Crippen LogP contribution in [0.4, 0.5) is 5.82 Å². The maximum atomic E-state index is 12.3. The number of ether oxygens (including phenoxy) is 1. The monoisotopic (exact) mass is 344 g/mol. The highest BCUT2D eigenvalue weighted by atomic mass is 32.2. The molecule has 1 aromatic heterocycles. The number of methoxy groups -OCH3 is 1. The minimum atomic E-state index is -3.70. The van der Waals surface area contributed by atoms with Crippen LogP contribution >= 0.6 is 0 Å². The molecule has 0 aliphatic rings. The Hall–Kier alpha value is -2.80.